The highest BCUT2D eigenvalue weighted by Gasteiger charge is 2.44. The summed E-state index contributed by atoms with van der Waals surface area (Å²) in [7, 11) is 0. The minimum Gasteiger partial charge on any atom is -0.481 e. The van der Waals surface area contributed by atoms with Gasteiger partial charge in [0.2, 0.25) is 5.91 Å². The van der Waals surface area contributed by atoms with Crippen LogP contribution in [-0.4, -0.2) is 22.5 Å². The van der Waals surface area contributed by atoms with Crippen molar-refractivity contribution in [3.63, 3.8) is 0 Å². The molecule has 0 radical (unpaired) electrons. The molecule has 0 aromatic heterocycles. The highest BCUT2D eigenvalue weighted by Crippen LogP contribution is 2.38. The fourth-order valence-corrected chi connectivity index (χ4v) is 2.41. The normalized spacial score (nSPS) is 18.6. The van der Waals surface area contributed by atoms with Crippen molar-refractivity contribution in [2.45, 2.75) is 44.6 Å². The molecule has 1 saturated carbocycles. The van der Waals surface area contributed by atoms with Crippen LogP contribution in [0.5, 0.6) is 0 Å². The number of amides is 1. The lowest BCUT2D eigenvalue weighted by Gasteiger charge is -2.23. The average Bonchev–Trinajstić information content (AvgIpc) is 3.23. The fourth-order valence-electron chi connectivity index (χ4n) is 2.41. The maximum absolute atomic E-state index is 12.2. The number of carboxylic acids is 1. The third kappa shape index (κ3) is 3.82. The molecule has 0 bridgehead atoms. The Hall–Kier alpha value is -1.88. The molecule has 1 aromatic rings. The highest BCUT2D eigenvalue weighted by atomic mass is 16.4. The van der Waals surface area contributed by atoms with Gasteiger partial charge in [0, 0.05) is 5.69 Å². The van der Waals surface area contributed by atoms with Crippen LogP contribution < -0.4 is 11.1 Å². The van der Waals surface area contributed by atoms with E-state index in [1.165, 1.54) is 0 Å². The number of nitrogens with one attached hydrogen (secondary N) is 1. The number of aliphatic carboxylic acids is 1. The number of benzene rings is 1. The molecular weight excluding hydrogens is 268 g/mol. The minimum absolute atomic E-state index is 0.0570. The van der Waals surface area contributed by atoms with E-state index in [-0.39, 0.29) is 24.2 Å². The predicted octanol–water partition coefficient (Wildman–Crippen LogP) is 2.33. The first-order chi connectivity index (χ1) is 9.80. The molecule has 2 unspecified atom stereocenters. The summed E-state index contributed by atoms with van der Waals surface area (Å²) < 4.78 is 0. The largest absolute Gasteiger partial charge is 0.481 e. The summed E-state index contributed by atoms with van der Waals surface area (Å²) in [5.41, 5.74) is 6.87. The van der Waals surface area contributed by atoms with Gasteiger partial charge in [-0.15, -0.1) is 0 Å². The molecular formula is C16H22N2O3. The van der Waals surface area contributed by atoms with Crippen molar-refractivity contribution in [3.05, 3.63) is 29.8 Å². The van der Waals surface area contributed by atoms with Crippen molar-refractivity contribution in [1.29, 1.82) is 0 Å². The first-order valence-corrected chi connectivity index (χ1v) is 7.22. The van der Waals surface area contributed by atoms with Gasteiger partial charge in [-0.05, 0) is 49.3 Å². The van der Waals surface area contributed by atoms with Gasteiger partial charge in [-0.3, -0.25) is 9.59 Å². The molecule has 1 aromatic carbocycles. The van der Waals surface area contributed by atoms with E-state index >= 15 is 0 Å². The molecule has 1 fully saturated rings. The number of hydrogen-bond acceptors (Lipinski definition) is 3. The first-order valence-electron chi connectivity index (χ1n) is 7.22. The molecule has 2 rings (SSSR count). The van der Waals surface area contributed by atoms with Crippen LogP contribution in [0.2, 0.25) is 0 Å². The Kier molecular flexibility index (Phi) is 4.32. The molecule has 0 heterocycles. The van der Waals surface area contributed by atoms with Crippen molar-refractivity contribution >= 4 is 17.6 Å². The predicted molar refractivity (Wildman–Crippen MR) is 81.1 cm³/mol. The van der Waals surface area contributed by atoms with Gasteiger partial charge >= 0.3 is 5.97 Å². The van der Waals surface area contributed by atoms with E-state index < -0.39 is 11.5 Å². The van der Waals surface area contributed by atoms with E-state index in [4.69, 9.17) is 10.8 Å². The van der Waals surface area contributed by atoms with Crippen LogP contribution in [0.4, 0.5) is 5.69 Å². The lowest BCUT2D eigenvalue weighted by atomic mass is 9.95. The molecule has 4 N–H and O–H groups in total. The molecule has 1 aliphatic carbocycles. The van der Waals surface area contributed by atoms with Gasteiger partial charge in [0.1, 0.15) is 0 Å². The van der Waals surface area contributed by atoms with Crippen molar-refractivity contribution < 1.29 is 14.7 Å². The number of anilines is 1. The lowest BCUT2D eigenvalue weighted by molar-refractivity contribution is -0.137. The van der Waals surface area contributed by atoms with Gasteiger partial charge in [-0.25, -0.2) is 0 Å². The molecule has 5 heteroatoms. The molecule has 2 atom stereocenters. The third-order valence-corrected chi connectivity index (χ3v) is 4.13. The molecule has 114 valence electrons. The Morgan fingerprint density at radius 3 is 2.43 bits per heavy atom. The molecule has 1 aliphatic rings. The Morgan fingerprint density at radius 2 is 1.95 bits per heavy atom. The summed E-state index contributed by atoms with van der Waals surface area (Å²) in [6.07, 6.45) is 2.10. The van der Waals surface area contributed by atoms with Gasteiger partial charge in [-0.1, -0.05) is 19.1 Å². The fraction of sp³-hybridized carbons (Fsp3) is 0.500. The van der Waals surface area contributed by atoms with Crippen LogP contribution in [0.15, 0.2) is 24.3 Å². The van der Waals surface area contributed by atoms with E-state index in [0.29, 0.717) is 5.69 Å². The number of hydrogen-bond donors (Lipinski definition) is 3. The topological polar surface area (TPSA) is 92.4 Å². The first kappa shape index (κ1) is 15.5. The van der Waals surface area contributed by atoms with Gasteiger partial charge in [0.15, 0.2) is 0 Å². The molecule has 5 nitrogen and oxygen atoms in total. The average molecular weight is 290 g/mol. The van der Waals surface area contributed by atoms with Crippen molar-refractivity contribution in [2.75, 3.05) is 5.32 Å². The summed E-state index contributed by atoms with van der Waals surface area (Å²) in [6, 6.07) is 7.26. The second-order valence-corrected chi connectivity index (χ2v) is 6.13. The summed E-state index contributed by atoms with van der Waals surface area (Å²) >= 11 is 0. The smallest absolute Gasteiger partial charge is 0.303 e. The van der Waals surface area contributed by atoms with E-state index in [9.17, 15) is 9.59 Å². The summed E-state index contributed by atoms with van der Waals surface area (Å²) in [5.74, 6) is -0.773. The summed E-state index contributed by atoms with van der Waals surface area (Å²) in [5, 5.41) is 11.6. The lowest BCUT2D eigenvalue weighted by Crippen LogP contribution is -2.50. The van der Waals surface area contributed by atoms with E-state index in [0.717, 1.165) is 18.4 Å². The number of carboxylic acid groups (broad SMARTS) is 1. The molecule has 0 saturated heterocycles. The van der Waals surface area contributed by atoms with E-state index in [1.807, 2.05) is 19.1 Å². The third-order valence-electron chi connectivity index (χ3n) is 4.13. The Balaban J connectivity index is 1.99. The van der Waals surface area contributed by atoms with E-state index in [1.54, 1.807) is 19.1 Å². The minimum atomic E-state index is -0.824. The Morgan fingerprint density at radius 1 is 1.38 bits per heavy atom. The molecule has 1 amide bonds. The van der Waals surface area contributed by atoms with Gasteiger partial charge in [0.25, 0.3) is 0 Å². The summed E-state index contributed by atoms with van der Waals surface area (Å²) in [4.78, 5) is 22.9. The van der Waals surface area contributed by atoms with Crippen molar-refractivity contribution in [1.82, 2.24) is 0 Å². The molecule has 0 aliphatic heterocycles. The van der Waals surface area contributed by atoms with Crippen LogP contribution in [0.1, 0.15) is 44.6 Å². The number of carbonyl (C=O) groups excluding carboxylic acids is 1. The van der Waals surface area contributed by atoms with Crippen LogP contribution >= 0.6 is 0 Å². The maximum Gasteiger partial charge on any atom is 0.303 e. The monoisotopic (exact) mass is 290 g/mol. The molecule has 21 heavy (non-hydrogen) atoms. The maximum atomic E-state index is 12.2. The van der Waals surface area contributed by atoms with E-state index in [2.05, 4.69) is 5.32 Å². The van der Waals surface area contributed by atoms with Gasteiger partial charge in [-0.2, -0.15) is 0 Å². The number of rotatable bonds is 6. The number of nitrogens with two attached hydrogens (primary N) is 1. The highest BCUT2D eigenvalue weighted by molar-refractivity contribution is 5.98. The molecule has 0 spiro atoms. The van der Waals surface area contributed by atoms with Crippen LogP contribution in [0, 0.1) is 5.92 Å². The zero-order valence-electron chi connectivity index (χ0n) is 12.4. The van der Waals surface area contributed by atoms with Crippen molar-refractivity contribution in [3.8, 4) is 0 Å². The zero-order valence-corrected chi connectivity index (χ0v) is 12.4. The van der Waals surface area contributed by atoms with Gasteiger partial charge < -0.3 is 16.2 Å². The second kappa shape index (κ2) is 5.85. The summed E-state index contributed by atoms with van der Waals surface area (Å²) in [6.45, 7) is 3.63. The second-order valence-electron chi connectivity index (χ2n) is 6.13. The SMILES string of the molecule is CC(CC(=O)O)c1ccc(NC(=O)C(C)(N)C2CC2)cc1. The standard InChI is InChI=1S/C16H22N2O3/c1-10(9-14(19)20)11-3-7-13(8-4-11)18-15(21)16(2,17)12-5-6-12/h3-4,7-8,10,12H,5-6,9,17H2,1-2H3,(H,18,21)(H,19,20). The number of carbonyl (C=O) groups is 2. The van der Waals surface area contributed by atoms with Crippen LogP contribution in [0.3, 0.4) is 0 Å². The zero-order chi connectivity index (χ0) is 15.6. The quantitative estimate of drug-likeness (QED) is 0.749. The van der Waals surface area contributed by atoms with Crippen LogP contribution in [0.25, 0.3) is 0 Å². The van der Waals surface area contributed by atoms with Gasteiger partial charge in [0.05, 0.1) is 12.0 Å². The van der Waals surface area contributed by atoms with Crippen molar-refractivity contribution in [2.24, 2.45) is 11.7 Å². The Bertz CT molecular complexity index is 533. The van der Waals surface area contributed by atoms with Crippen LogP contribution in [-0.2, 0) is 9.59 Å². The Labute approximate surface area is 124 Å².